The number of hydrogen-bond donors (Lipinski definition) is 0. The normalized spacial score (nSPS) is 11.9. The molecule has 1 aromatic rings. The molecule has 0 radical (unpaired) electrons. The predicted octanol–water partition coefficient (Wildman–Crippen LogP) is 3.76. The molecule has 0 saturated carbocycles. The van der Waals surface area contributed by atoms with Crippen molar-refractivity contribution in [2.75, 3.05) is 19.8 Å². The van der Waals surface area contributed by atoms with Gasteiger partial charge in [0.25, 0.3) is 0 Å². The monoisotopic (exact) mass is 618 g/mol. The smallest absolute Gasteiger partial charge is 0.370 e. The molecule has 19 heavy (non-hydrogen) atoms. The van der Waals surface area contributed by atoms with E-state index in [0.29, 0.717) is 19.8 Å². The third-order valence-corrected chi connectivity index (χ3v) is 9.56. The van der Waals surface area contributed by atoms with Crippen LogP contribution >= 0.6 is 67.8 Å². The minimum absolute atomic E-state index is 0.588. The summed E-state index contributed by atoms with van der Waals surface area (Å²) in [5.41, 5.74) is 0. The molecule has 0 atom stereocenters. The Bertz CT molecular complexity index is 412. The third-order valence-electron chi connectivity index (χ3n) is 2.33. The van der Waals surface area contributed by atoms with Crippen LogP contribution in [0.3, 0.4) is 0 Å². The van der Waals surface area contributed by atoms with Gasteiger partial charge in [0.2, 0.25) is 0 Å². The Labute approximate surface area is 156 Å². The Morgan fingerprint density at radius 2 is 1.37 bits per heavy atom. The minimum atomic E-state index is -2.80. The fourth-order valence-electron chi connectivity index (χ4n) is 1.71. The van der Waals surface area contributed by atoms with Crippen LogP contribution in [0.25, 0.3) is 0 Å². The summed E-state index contributed by atoms with van der Waals surface area (Å²) < 4.78 is 21.5. The van der Waals surface area contributed by atoms with E-state index >= 15 is 0 Å². The topological polar surface area (TPSA) is 27.7 Å². The SMILES string of the molecule is CCO[Si](OCC)(OCC)c1cc(I)cc(I)c1I. The molecule has 7 heteroatoms. The van der Waals surface area contributed by atoms with Crippen molar-refractivity contribution >= 4 is 81.8 Å². The van der Waals surface area contributed by atoms with Gasteiger partial charge in [-0.05, 0) is 101 Å². The van der Waals surface area contributed by atoms with Crippen LogP contribution in [0.5, 0.6) is 0 Å². The first-order chi connectivity index (χ1) is 9.00. The second-order valence-corrected chi connectivity index (χ2v) is 9.61. The number of benzene rings is 1. The van der Waals surface area contributed by atoms with Crippen LogP contribution in [0.1, 0.15) is 20.8 Å². The van der Waals surface area contributed by atoms with Crippen molar-refractivity contribution in [3.63, 3.8) is 0 Å². The lowest BCUT2D eigenvalue weighted by atomic mass is 10.4. The highest BCUT2D eigenvalue weighted by molar-refractivity contribution is 14.1. The first-order valence-electron chi connectivity index (χ1n) is 6.07. The van der Waals surface area contributed by atoms with Gasteiger partial charge in [-0.25, -0.2) is 0 Å². The van der Waals surface area contributed by atoms with Gasteiger partial charge in [-0.15, -0.1) is 0 Å². The summed E-state index contributed by atoms with van der Waals surface area (Å²) in [5, 5.41) is 1.08. The molecule has 3 nitrogen and oxygen atoms in total. The Kier molecular flexibility index (Phi) is 8.62. The zero-order chi connectivity index (χ0) is 14.5. The first kappa shape index (κ1) is 18.6. The van der Waals surface area contributed by atoms with Gasteiger partial charge >= 0.3 is 8.80 Å². The number of rotatable bonds is 7. The standard InChI is InChI=1S/C12H17I3O3Si/c1-4-16-19(17-5-2,18-6-3)11-8-9(13)7-10(14)12(11)15/h7-8H,4-6H2,1-3H3. The maximum absolute atomic E-state index is 5.97. The van der Waals surface area contributed by atoms with Gasteiger partial charge in [0.15, 0.2) is 0 Å². The molecule has 0 heterocycles. The summed E-state index contributed by atoms with van der Waals surface area (Å²) in [6, 6.07) is 4.27. The Morgan fingerprint density at radius 3 is 1.79 bits per heavy atom. The molecule has 0 aliphatic carbocycles. The molecule has 0 spiro atoms. The second-order valence-electron chi connectivity index (χ2n) is 3.60. The van der Waals surface area contributed by atoms with Crippen molar-refractivity contribution < 1.29 is 13.3 Å². The molecule has 0 unspecified atom stereocenters. The van der Waals surface area contributed by atoms with E-state index in [9.17, 15) is 0 Å². The van der Waals surface area contributed by atoms with Gasteiger partial charge in [0.05, 0.1) is 0 Å². The summed E-state index contributed by atoms with van der Waals surface area (Å²) >= 11 is 7.01. The maximum Gasteiger partial charge on any atom is 0.538 e. The van der Waals surface area contributed by atoms with Gasteiger partial charge in [0, 0.05) is 35.7 Å². The van der Waals surface area contributed by atoms with Crippen molar-refractivity contribution in [3.8, 4) is 0 Å². The highest BCUT2D eigenvalue weighted by Crippen LogP contribution is 2.22. The van der Waals surface area contributed by atoms with Crippen LogP contribution in [0, 0.1) is 10.7 Å². The summed E-state index contributed by atoms with van der Waals surface area (Å²) in [6.07, 6.45) is 0. The lowest BCUT2D eigenvalue weighted by molar-refractivity contribution is 0.0857. The van der Waals surface area contributed by atoms with Gasteiger partial charge in [-0.3, -0.25) is 0 Å². The van der Waals surface area contributed by atoms with E-state index in [2.05, 4.69) is 79.9 Å². The van der Waals surface area contributed by atoms with Crippen molar-refractivity contribution in [3.05, 3.63) is 22.8 Å². The Hall–Kier alpha value is 1.51. The van der Waals surface area contributed by atoms with Crippen molar-refractivity contribution in [2.24, 2.45) is 0 Å². The van der Waals surface area contributed by atoms with Crippen LogP contribution in [0.2, 0.25) is 0 Å². The van der Waals surface area contributed by atoms with E-state index in [1.54, 1.807) is 0 Å². The summed E-state index contributed by atoms with van der Waals surface area (Å²) in [5.74, 6) is 0. The van der Waals surface area contributed by atoms with Crippen LogP contribution in [0.4, 0.5) is 0 Å². The fraction of sp³-hybridized carbons (Fsp3) is 0.500. The summed E-state index contributed by atoms with van der Waals surface area (Å²) in [4.78, 5) is 0. The van der Waals surface area contributed by atoms with E-state index in [1.807, 2.05) is 20.8 Å². The quantitative estimate of drug-likeness (QED) is 0.265. The van der Waals surface area contributed by atoms with E-state index in [4.69, 9.17) is 13.3 Å². The number of hydrogen-bond acceptors (Lipinski definition) is 3. The first-order valence-corrected chi connectivity index (χ1v) is 11.0. The van der Waals surface area contributed by atoms with Gasteiger partial charge in [-0.1, -0.05) is 0 Å². The van der Waals surface area contributed by atoms with Gasteiger partial charge in [0.1, 0.15) is 0 Å². The number of halogens is 3. The largest absolute Gasteiger partial charge is 0.538 e. The molecule has 0 aliphatic heterocycles. The molecular formula is C12H17I3O3Si. The third kappa shape index (κ3) is 4.74. The molecule has 0 fully saturated rings. The molecule has 0 amide bonds. The van der Waals surface area contributed by atoms with Crippen molar-refractivity contribution in [1.82, 2.24) is 0 Å². The zero-order valence-electron chi connectivity index (χ0n) is 11.1. The minimum Gasteiger partial charge on any atom is -0.370 e. The summed E-state index contributed by atoms with van der Waals surface area (Å²) in [6.45, 7) is 7.70. The van der Waals surface area contributed by atoms with E-state index in [-0.39, 0.29) is 0 Å². The van der Waals surface area contributed by atoms with Crippen molar-refractivity contribution in [1.29, 1.82) is 0 Å². The average molecular weight is 618 g/mol. The van der Waals surface area contributed by atoms with E-state index in [1.165, 1.54) is 10.7 Å². The highest BCUT2D eigenvalue weighted by Gasteiger charge is 2.45. The van der Waals surface area contributed by atoms with Crippen LogP contribution in [0.15, 0.2) is 12.1 Å². The Balaban J connectivity index is 3.37. The Morgan fingerprint density at radius 1 is 0.895 bits per heavy atom. The molecule has 0 aliphatic rings. The van der Waals surface area contributed by atoms with Crippen LogP contribution < -0.4 is 5.19 Å². The highest BCUT2D eigenvalue weighted by atomic mass is 127. The lowest BCUT2D eigenvalue weighted by Gasteiger charge is -2.29. The van der Waals surface area contributed by atoms with Crippen LogP contribution in [-0.2, 0) is 13.3 Å². The fourth-order valence-corrected chi connectivity index (χ4v) is 7.99. The molecule has 1 rings (SSSR count). The lowest BCUT2D eigenvalue weighted by Crippen LogP contribution is -2.58. The van der Waals surface area contributed by atoms with Crippen LogP contribution in [-0.4, -0.2) is 28.6 Å². The molecule has 108 valence electrons. The molecule has 0 bridgehead atoms. The van der Waals surface area contributed by atoms with E-state index in [0.717, 1.165) is 5.19 Å². The molecule has 1 aromatic carbocycles. The average Bonchev–Trinajstić information content (AvgIpc) is 2.34. The van der Waals surface area contributed by atoms with Gasteiger partial charge in [-0.2, -0.15) is 0 Å². The molecule has 0 saturated heterocycles. The predicted molar refractivity (Wildman–Crippen MR) is 105 cm³/mol. The molecular weight excluding hydrogens is 601 g/mol. The van der Waals surface area contributed by atoms with Gasteiger partial charge < -0.3 is 13.3 Å². The zero-order valence-corrected chi connectivity index (χ0v) is 18.6. The maximum atomic E-state index is 5.97. The summed E-state index contributed by atoms with van der Waals surface area (Å²) in [7, 11) is -2.80. The molecule has 0 N–H and O–H groups in total. The molecule has 0 aromatic heterocycles. The van der Waals surface area contributed by atoms with E-state index < -0.39 is 8.80 Å². The van der Waals surface area contributed by atoms with Crippen molar-refractivity contribution in [2.45, 2.75) is 20.8 Å². The second kappa shape index (κ2) is 8.83.